The summed E-state index contributed by atoms with van der Waals surface area (Å²) in [6, 6.07) is 7.45. The van der Waals surface area contributed by atoms with Crippen molar-refractivity contribution in [2.24, 2.45) is 0 Å². The van der Waals surface area contributed by atoms with Crippen LogP contribution in [-0.2, 0) is 10.0 Å². The van der Waals surface area contributed by atoms with Crippen molar-refractivity contribution in [2.45, 2.75) is 57.3 Å². The molecule has 1 rings (SSSR count). The van der Waals surface area contributed by atoms with Crippen molar-refractivity contribution in [2.75, 3.05) is 13.1 Å². The molecule has 1 aromatic carbocycles. The van der Waals surface area contributed by atoms with E-state index in [1.807, 2.05) is 0 Å². The Balaban J connectivity index is 2.70. The average molecular weight is 340 g/mol. The van der Waals surface area contributed by atoms with E-state index in [4.69, 9.17) is 0 Å². The SMILES string of the molecule is CCCCCN(CCCCC)C(=O)NS(=O)(=O)c1ccccc1. The molecule has 6 heteroatoms. The van der Waals surface area contributed by atoms with Crippen molar-refractivity contribution >= 4 is 16.1 Å². The molecule has 0 saturated carbocycles. The molecule has 0 unspecified atom stereocenters. The van der Waals surface area contributed by atoms with E-state index in [0.29, 0.717) is 13.1 Å². The van der Waals surface area contributed by atoms with E-state index in [-0.39, 0.29) is 4.90 Å². The lowest BCUT2D eigenvalue weighted by atomic mass is 10.2. The molecule has 2 amide bonds. The second-order valence-electron chi connectivity index (χ2n) is 5.62. The number of hydrogen-bond acceptors (Lipinski definition) is 3. The molecule has 1 aromatic rings. The zero-order valence-electron chi connectivity index (χ0n) is 14.1. The van der Waals surface area contributed by atoms with E-state index in [0.717, 1.165) is 38.5 Å². The van der Waals surface area contributed by atoms with E-state index in [9.17, 15) is 13.2 Å². The highest BCUT2D eigenvalue weighted by molar-refractivity contribution is 7.90. The summed E-state index contributed by atoms with van der Waals surface area (Å²) in [4.78, 5) is 14.1. The molecule has 0 aliphatic rings. The van der Waals surface area contributed by atoms with Crippen LogP contribution in [0.3, 0.4) is 0 Å². The third-order valence-electron chi connectivity index (χ3n) is 3.63. The first-order chi connectivity index (χ1) is 11.0. The first-order valence-electron chi connectivity index (χ1n) is 8.38. The van der Waals surface area contributed by atoms with Gasteiger partial charge in [0, 0.05) is 13.1 Å². The van der Waals surface area contributed by atoms with Gasteiger partial charge in [0.1, 0.15) is 0 Å². The van der Waals surface area contributed by atoms with E-state index in [2.05, 4.69) is 18.6 Å². The number of carbonyl (C=O) groups is 1. The number of hydrogen-bond donors (Lipinski definition) is 1. The Bertz CT molecular complexity index is 548. The van der Waals surface area contributed by atoms with E-state index in [1.54, 1.807) is 23.1 Å². The van der Waals surface area contributed by atoms with Gasteiger partial charge in [0.15, 0.2) is 0 Å². The number of amides is 2. The number of nitrogens with one attached hydrogen (secondary N) is 1. The lowest BCUT2D eigenvalue weighted by molar-refractivity contribution is 0.201. The van der Waals surface area contributed by atoms with Gasteiger partial charge in [0.25, 0.3) is 10.0 Å². The molecule has 0 atom stereocenters. The highest BCUT2D eigenvalue weighted by atomic mass is 32.2. The zero-order chi connectivity index (χ0) is 17.1. The van der Waals surface area contributed by atoms with Gasteiger partial charge >= 0.3 is 6.03 Å². The van der Waals surface area contributed by atoms with Crippen LogP contribution >= 0.6 is 0 Å². The molecule has 0 bridgehead atoms. The third-order valence-corrected chi connectivity index (χ3v) is 4.96. The van der Waals surface area contributed by atoms with Gasteiger partial charge in [-0.2, -0.15) is 0 Å². The maximum absolute atomic E-state index is 12.4. The molecule has 5 nitrogen and oxygen atoms in total. The van der Waals surface area contributed by atoms with Crippen molar-refractivity contribution in [3.63, 3.8) is 0 Å². The first kappa shape index (κ1) is 19.5. The van der Waals surface area contributed by atoms with Gasteiger partial charge in [-0.05, 0) is 25.0 Å². The summed E-state index contributed by atoms with van der Waals surface area (Å²) in [5.74, 6) is 0. The van der Waals surface area contributed by atoms with Crippen LogP contribution in [0.1, 0.15) is 52.4 Å². The molecule has 23 heavy (non-hydrogen) atoms. The van der Waals surface area contributed by atoms with Crippen molar-refractivity contribution in [1.29, 1.82) is 0 Å². The number of unbranched alkanes of at least 4 members (excludes halogenated alkanes) is 4. The predicted molar refractivity (Wildman–Crippen MR) is 92.8 cm³/mol. The summed E-state index contributed by atoms with van der Waals surface area (Å²) in [6.45, 7) is 5.38. The van der Waals surface area contributed by atoms with Gasteiger partial charge in [0.2, 0.25) is 0 Å². The minimum absolute atomic E-state index is 0.107. The molecule has 0 fully saturated rings. The van der Waals surface area contributed by atoms with Gasteiger partial charge in [-0.15, -0.1) is 0 Å². The summed E-state index contributed by atoms with van der Waals surface area (Å²) >= 11 is 0. The highest BCUT2D eigenvalue weighted by Crippen LogP contribution is 2.09. The molecular formula is C17H28N2O3S. The Hall–Kier alpha value is -1.56. The second-order valence-corrected chi connectivity index (χ2v) is 7.31. The monoisotopic (exact) mass is 340 g/mol. The summed E-state index contributed by atoms with van der Waals surface area (Å²) in [6.07, 6.45) is 5.97. The Morgan fingerprint density at radius 2 is 1.48 bits per heavy atom. The minimum Gasteiger partial charge on any atom is -0.324 e. The summed E-state index contributed by atoms with van der Waals surface area (Å²) in [5, 5.41) is 0. The summed E-state index contributed by atoms with van der Waals surface area (Å²) < 4.78 is 26.7. The van der Waals surface area contributed by atoms with Crippen LogP contribution in [0.25, 0.3) is 0 Å². The molecule has 0 heterocycles. The quantitative estimate of drug-likeness (QED) is 0.659. The van der Waals surface area contributed by atoms with Crippen molar-refractivity contribution in [3.8, 4) is 0 Å². The van der Waals surface area contributed by atoms with Gasteiger partial charge in [-0.25, -0.2) is 17.9 Å². The molecule has 0 aliphatic carbocycles. The number of urea groups is 1. The first-order valence-corrected chi connectivity index (χ1v) is 9.86. The number of sulfonamides is 1. The van der Waals surface area contributed by atoms with Crippen LogP contribution in [0.2, 0.25) is 0 Å². The molecule has 1 N–H and O–H groups in total. The van der Waals surface area contributed by atoms with Gasteiger partial charge < -0.3 is 4.90 Å². The van der Waals surface area contributed by atoms with Crippen LogP contribution in [0, 0.1) is 0 Å². The van der Waals surface area contributed by atoms with E-state index < -0.39 is 16.1 Å². The zero-order valence-corrected chi connectivity index (χ0v) is 14.9. The average Bonchev–Trinajstić information content (AvgIpc) is 2.54. The minimum atomic E-state index is -3.81. The lowest BCUT2D eigenvalue weighted by Crippen LogP contribution is -2.43. The highest BCUT2D eigenvalue weighted by Gasteiger charge is 2.21. The van der Waals surface area contributed by atoms with Crippen LogP contribution < -0.4 is 4.72 Å². The molecule has 0 spiro atoms. The van der Waals surface area contributed by atoms with Crippen molar-refractivity contribution in [3.05, 3.63) is 30.3 Å². The molecule has 0 radical (unpaired) electrons. The largest absolute Gasteiger partial charge is 0.331 e. The second kappa shape index (κ2) is 10.3. The summed E-state index contributed by atoms with van der Waals surface area (Å²) in [5.41, 5.74) is 0. The third kappa shape index (κ3) is 7.03. The number of rotatable bonds is 10. The number of nitrogens with zero attached hydrogens (tertiary/aromatic N) is 1. The van der Waals surface area contributed by atoms with E-state index >= 15 is 0 Å². The van der Waals surface area contributed by atoms with Crippen LogP contribution in [0.5, 0.6) is 0 Å². The standard InChI is InChI=1S/C17H28N2O3S/c1-3-5-10-14-19(15-11-6-4-2)17(20)18-23(21,22)16-12-8-7-9-13-16/h7-9,12-13H,3-6,10-11,14-15H2,1-2H3,(H,18,20). The molecule has 0 aliphatic heterocycles. The number of benzene rings is 1. The van der Waals surface area contributed by atoms with Crippen molar-refractivity contribution in [1.82, 2.24) is 9.62 Å². The predicted octanol–water partition coefficient (Wildman–Crippen LogP) is 3.77. The maximum atomic E-state index is 12.4. The Labute approximate surface area is 140 Å². The molecular weight excluding hydrogens is 312 g/mol. The summed E-state index contributed by atoms with van der Waals surface area (Å²) in [7, 11) is -3.81. The smallest absolute Gasteiger partial charge is 0.324 e. The van der Waals surface area contributed by atoms with Gasteiger partial charge in [0.05, 0.1) is 4.90 Å². The number of carbonyl (C=O) groups excluding carboxylic acids is 1. The topological polar surface area (TPSA) is 66.5 Å². The molecule has 0 saturated heterocycles. The van der Waals surface area contributed by atoms with Crippen LogP contribution in [-0.4, -0.2) is 32.4 Å². The Kier molecular flexibility index (Phi) is 8.69. The fraction of sp³-hybridized carbons (Fsp3) is 0.588. The lowest BCUT2D eigenvalue weighted by Gasteiger charge is -2.23. The Morgan fingerprint density at radius 1 is 0.957 bits per heavy atom. The maximum Gasteiger partial charge on any atom is 0.331 e. The van der Waals surface area contributed by atoms with Crippen LogP contribution in [0.4, 0.5) is 4.79 Å². The fourth-order valence-electron chi connectivity index (χ4n) is 2.26. The molecule has 0 aromatic heterocycles. The van der Waals surface area contributed by atoms with E-state index in [1.165, 1.54) is 12.1 Å². The normalized spacial score (nSPS) is 11.2. The van der Waals surface area contributed by atoms with Gasteiger partial charge in [-0.1, -0.05) is 57.7 Å². The fourth-order valence-corrected chi connectivity index (χ4v) is 3.25. The van der Waals surface area contributed by atoms with Crippen molar-refractivity contribution < 1.29 is 13.2 Å². The Morgan fingerprint density at radius 3 is 1.96 bits per heavy atom. The molecule has 130 valence electrons. The van der Waals surface area contributed by atoms with Gasteiger partial charge in [-0.3, -0.25) is 0 Å². The van der Waals surface area contributed by atoms with Crippen LogP contribution in [0.15, 0.2) is 35.2 Å².